The van der Waals surface area contributed by atoms with Gasteiger partial charge in [0.15, 0.2) is 0 Å². The summed E-state index contributed by atoms with van der Waals surface area (Å²) < 4.78 is 99.5. The molecule has 0 saturated heterocycles. The van der Waals surface area contributed by atoms with Crippen LogP contribution in [0.3, 0.4) is 0 Å². The summed E-state index contributed by atoms with van der Waals surface area (Å²) in [6.07, 6.45) is -16.2. The van der Waals surface area contributed by atoms with Crippen molar-refractivity contribution in [2.24, 2.45) is 0 Å². The SMILES string of the molecule is Cc1ccc(S(=O)(=O)OC(C(F)(F)F)C(F)(F)F)cc1. The number of aryl methyl sites for hydroxylation is 1. The lowest BCUT2D eigenvalue weighted by atomic mass is 10.2. The highest BCUT2D eigenvalue weighted by Crippen LogP contribution is 2.37. The third kappa shape index (κ3) is 4.10. The number of benzene rings is 1. The van der Waals surface area contributed by atoms with E-state index in [1.165, 1.54) is 12.1 Å². The van der Waals surface area contributed by atoms with Crippen molar-refractivity contribution in [3.8, 4) is 0 Å². The van der Waals surface area contributed by atoms with Crippen LogP contribution >= 0.6 is 0 Å². The molecule has 1 rings (SSSR count). The van der Waals surface area contributed by atoms with E-state index in [1.54, 1.807) is 6.92 Å². The van der Waals surface area contributed by atoms with Crippen molar-refractivity contribution in [3.63, 3.8) is 0 Å². The smallest absolute Gasteiger partial charge is 0.244 e. The van der Waals surface area contributed by atoms with Crippen molar-refractivity contribution in [2.75, 3.05) is 0 Å². The summed E-state index contributed by atoms with van der Waals surface area (Å²) in [5.41, 5.74) is 0.576. The Hall–Kier alpha value is -1.29. The average molecular weight is 322 g/mol. The molecular formula is C10H8F6O3S. The predicted molar refractivity (Wildman–Crippen MR) is 55.3 cm³/mol. The van der Waals surface area contributed by atoms with Gasteiger partial charge >= 0.3 is 12.4 Å². The highest BCUT2D eigenvalue weighted by molar-refractivity contribution is 7.86. The van der Waals surface area contributed by atoms with Crippen LogP contribution in [-0.4, -0.2) is 26.9 Å². The normalized spacial score (nSPS) is 13.8. The zero-order chi connectivity index (χ0) is 15.8. The van der Waals surface area contributed by atoms with Gasteiger partial charge in [-0.1, -0.05) is 17.7 Å². The number of halogens is 6. The molecule has 0 unspecified atom stereocenters. The minimum absolute atomic E-state index is 0.576. The Bertz CT molecular complexity index is 544. The maximum atomic E-state index is 12.2. The second-order valence-corrected chi connectivity index (χ2v) is 5.40. The molecule has 0 bridgehead atoms. The van der Waals surface area contributed by atoms with Crippen LogP contribution in [0.2, 0.25) is 0 Å². The van der Waals surface area contributed by atoms with Crippen molar-refractivity contribution < 1.29 is 38.9 Å². The molecule has 0 aliphatic heterocycles. The summed E-state index contributed by atoms with van der Waals surface area (Å²) in [5, 5.41) is 0. The van der Waals surface area contributed by atoms with Gasteiger partial charge in [0.1, 0.15) is 0 Å². The molecule has 0 radical (unpaired) electrons. The van der Waals surface area contributed by atoms with E-state index in [1.807, 2.05) is 0 Å². The molecule has 114 valence electrons. The van der Waals surface area contributed by atoms with Gasteiger partial charge < -0.3 is 0 Å². The number of hydrogen-bond acceptors (Lipinski definition) is 3. The third-order valence-electron chi connectivity index (χ3n) is 2.13. The molecule has 0 fully saturated rings. The number of alkyl halides is 6. The van der Waals surface area contributed by atoms with Crippen LogP contribution in [0.25, 0.3) is 0 Å². The molecular weight excluding hydrogens is 314 g/mol. The van der Waals surface area contributed by atoms with Crippen LogP contribution in [0.4, 0.5) is 26.3 Å². The lowest BCUT2D eigenvalue weighted by molar-refractivity contribution is -0.299. The summed E-state index contributed by atoms with van der Waals surface area (Å²) in [4.78, 5) is -0.790. The molecule has 0 heterocycles. The molecule has 0 saturated carbocycles. The second kappa shape index (κ2) is 5.24. The molecule has 0 aliphatic carbocycles. The van der Waals surface area contributed by atoms with E-state index < -0.39 is 33.5 Å². The minimum Gasteiger partial charge on any atom is -0.244 e. The van der Waals surface area contributed by atoms with Gasteiger partial charge in [0.2, 0.25) is 0 Å². The van der Waals surface area contributed by atoms with Crippen molar-refractivity contribution in [1.29, 1.82) is 0 Å². The van der Waals surface area contributed by atoms with E-state index >= 15 is 0 Å². The van der Waals surface area contributed by atoms with Crippen molar-refractivity contribution in [2.45, 2.75) is 30.3 Å². The molecule has 1 aromatic carbocycles. The first-order valence-corrected chi connectivity index (χ1v) is 6.38. The van der Waals surface area contributed by atoms with E-state index in [9.17, 15) is 34.8 Å². The van der Waals surface area contributed by atoms with Crippen LogP contribution in [0.15, 0.2) is 29.2 Å². The number of hydrogen-bond donors (Lipinski definition) is 0. The van der Waals surface area contributed by atoms with Crippen LogP contribution in [0.5, 0.6) is 0 Å². The van der Waals surface area contributed by atoms with E-state index in [0.29, 0.717) is 5.56 Å². The zero-order valence-corrected chi connectivity index (χ0v) is 10.6. The van der Waals surface area contributed by atoms with Gasteiger partial charge in [0.25, 0.3) is 16.2 Å². The largest absolute Gasteiger partial charge is 0.425 e. The molecule has 0 aromatic heterocycles. The first-order valence-electron chi connectivity index (χ1n) is 4.97. The van der Waals surface area contributed by atoms with Crippen LogP contribution in [0.1, 0.15) is 5.56 Å². The highest BCUT2D eigenvalue weighted by atomic mass is 32.2. The van der Waals surface area contributed by atoms with Gasteiger partial charge in [0, 0.05) is 0 Å². The van der Waals surface area contributed by atoms with Gasteiger partial charge in [-0.15, -0.1) is 0 Å². The molecule has 10 heteroatoms. The fourth-order valence-corrected chi connectivity index (χ4v) is 2.23. The summed E-state index contributed by atoms with van der Waals surface area (Å²) in [7, 11) is -5.18. The molecule has 0 spiro atoms. The van der Waals surface area contributed by atoms with Gasteiger partial charge in [-0.3, -0.25) is 0 Å². The van der Waals surface area contributed by atoms with E-state index in [0.717, 1.165) is 12.1 Å². The van der Waals surface area contributed by atoms with Gasteiger partial charge in [-0.2, -0.15) is 34.8 Å². The summed E-state index contributed by atoms with van der Waals surface area (Å²) in [5.74, 6) is 0. The quantitative estimate of drug-likeness (QED) is 0.634. The monoisotopic (exact) mass is 322 g/mol. The molecule has 0 aliphatic rings. The van der Waals surface area contributed by atoms with Gasteiger partial charge in [-0.05, 0) is 19.1 Å². The van der Waals surface area contributed by atoms with Crippen molar-refractivity contribution >= 4 is 10.1 Å². The molecule has 1 aromatic rings. The summed E-state index contributed by atoms with van der Waals surface area (Å²) in [6.45, 7) is 1.56. The zero-order valence-electron chi connectivity index (χ0n) is 9.79. The lowest BCUT2D eigenvalue weighted by Crippen LogP contribution is -2.45. The van der Waals surface area contributed by atoms with E-state index in [4.69, 9.17) is 0 Å². The molecule has 0 N–H and O–H groups in total. The Balaban J connectivity index is 3.13. The second-order valence-electron chi connectivity index (χ2n) is 3.83. The summed E-state index contributed by atoms with van der Waals surface area (Å²) in [6, 6.07) is 4.14. The maximum absolute atomic E-state index is 12.2. The van der Waals surface area contributed by atoms with Crippen LogP contribution in [0, 0.1) is 6.92 Å². The Morgan fingerprint density at radius 3 is 1.70 bits per heavy atom. The molecule has 0 atom stereocenters. The summed E-state index contributed by atoms with van der Waals surface area (Å²) >= 11 is 0. The van der Waals surface area contributed by atoms with Crippen LogP contribution < -0.4 is 0 Å². The first kappa shape index (κ1) is 16.8. The van der Waals surface area contributed by atoms with Crippen LogP contribution in [-0.2, 0) is 14.3 Å². The Labute approximate surface area is 110 Å². The molecule has 0 amide bonds. The molecule has 3 nitrogen and oxygen atoms in total. The number of rotatable bonds is 3. The van der Waals surface area contributed by atoms with Gasteiger partial charge in [-0.25, -0.2) is 4.18 Å². The standard InChI is InChI=1S/C10H8F6O3S/c1-6-2-4-7(5-3-6)20(17,18)19-8(9(11,12)13)10(14,15)16/h2-5,8H,1H3. The van der Waals surface area contributed by atoms with Crippen molar-refractivity contribution in [1.82, 2.24) is 0 Å². The van der Waals surface area contributed by atoms with Gasteiger partial charge in [0.05, 0.1) is 4.90 Å². The fourth-order valence-electron chi connectivity index (χ4n) is 1.18. The Morgan fingerprint density at radius 2 is 1.35 bits per heavy atom. The Morgan fingerprint density at radius 1 is 0.950 bits per heavy atom. The first-order chi connectivity index (χ1) is 8.84. The topological polar surface area (TPSA) is 43.4 Å². The minimum atomic E-state index is -5.89. The fraction of sp³-hybridized carbons (Fsp3) is 0.400. The Kier molecular flexibility index (Phi) is 4.39. The van der Waals surface area contributed by atoms with E-state index in [2.05, 4.69) is 4.18 Å². The van der Waals surface area contributed by atoms with E-state index in [-0.39, 0.29) is 0 Å². The van der Waals surface area contributed by atoms with Crippen molar-refractivity contribution in [3.05, 3.63) is 29.8 Å². The average Bonchev–Trinajstić information content (AvgIpc) is 2.23. The molecule has 20 heavy (non-hydrogen) atoms. The highest BCUT2D eigenvalue weighted by Gasteiger charge is 2.60. The third-order valence-corrected chi connectivity index (χ3v) is 3.42. The lowest BCUT2D eigenvalue weighted by Gasteiger charge is -2.22. The maximum Gasteiger partial charge on any atom is 0.425 e. The predicted octanol–water partition coefficient (Wildman–Crippen LogP) is 3.19.